The number of anilines is 1. The van der Waals surface area contributed by atoms with Gasteiger partial charge in [0.05, 0.1) is 42.7 Å². The molecule has 1 aromatic carbocycles. The van der Waals surface area contributed by atoms with Gasteiger partial charge in [0.2, 0.25) is 5.95 Å². The summed E-state index contributed by atoms with van der Waals surface area (Å²) in [6.45, 7) is 6.66. The molecule has 3 aliphatic rings. The molecule has 2 amide bonds. The van der Waals surface area contributed by atoms with E-state index in [9.17, 15) is 18.8 Å². The van der Waals surface area contributed by atoms with Crippen LogP contribution < -0.4 is 4.90 Å². The van der Waals surface area contributed by atoms with Crippen LogP contribution in [0, 0.1) is 36.8 Å². The molecule has 13 heteroatoms. The van der Waals surface area contributed by atoms with Gasteiger partial charge in [0.25, 0.3) is 0 Å². The van der Waals surface area contributed by atoms with Gasteiger partial charge in [0, 0.05) is 50.1 Å². The van der Waals surface area contributed by atoms with Gasteiger partial charge in [-0.15, -0.1) is 0 Å². The normalized spacial score (nSPS) is 20.2. The lowest BCUT2D eigenvalue weighted by Gasteiger charge is -2.37. The number of rotatable bonds is 5. The minimum Gasteiger partial charge on any atom is -0.371 e. The minimum atomic E-state index is -0.532. The fourth-order valence-corrected chi connectivity index (χ4v) is 5.26. The van der Waals surface area contributed by atoms with Crippen LogP contribution in [-0.2, 0) is 11.3 Å². The highest BCUT2D eigenvalue weighted by molar-refractivity contribution is 5.79. The molecule has 0 saturated carbocycles. The van der Waals surface area contributed by atoms with Gasteiger partial charge in [0.1, 0.15) is 17.6 Å². The number of epoxide rings is 1. The molecule has 0 radical (unpaired) electrons. The summed E-state index contributed by atoms with van der Waals surface area (Å²) < 4.78 is 36.1. The Balaban J connectivity index is 1.15. The summed E-state index contributed by atoms with van der Waals surface area (Å²) >= 11 is 0. The molecule has 2 saturated heterocycles. The average Bonchev–Trinajstić information content (AvgIpc) is 3.55. The number of halogens is 2. The number of hydrazone groups is 1. The standard InChI is InChI=1S/C27H27F2N9O2/c1-16-24(17(2)37(34-16)14-21-15-40-21)25-22(29)13-31-26(33-25)35-5-7-36(8-6-35)27(39)38-23(3-4-32-38)19-9-18(12-30)10-20(28)11-19/h4,9-11,13,21,23H,3,5-8,14-15H2,1-2H3. The number of piperazine rings is 1. The first-order chi connectivity index (χ1) is 19.3. The quantitative estimate of drug-likeness (QED) is 0.450. The number of ether oxygens (including phenoxy) is 1. The molecule has 2 unspecified atom stereocenters. The fraction of sp³-hybridized carbons (Fsp3) is 0.407. The van der Waals surface area contributed by atoms with Crippen LogP contribution in [0.25, 0.3) is 11.3 Å². The van der Waals surface area contributed by atoms with Gasteiger partial charge >= 0.3 is 6.03 Å². The van der Waals surface area contributed by atoms with Gasteiger partial charge in [-0.05, 0) is 37.6 Å². The zero-order chi connectivity index (χ0) is 28.0. The topological polar surface area (TPSA) is 119 Å². The Hall–Kier alpha value is -4.44. The van der Waals surface area contributed by atoms with E-state index in [1.165, 1.54) is 17.3 Å². The zero-order valence-electron chi connectivity index (χ0n) is 22.1. The Kier molecular flexibility index (Phi) is 6.63. The number of aryl methyl sites for hydroxylation is 1. The summed E-state index contributed by atoms with van der Waals surface area (Å²) in [7, 11) is 0. The number of benzene rings is 1. The van der Waals surface area contributed by atoms with Crippen molar-refractivity contribution in [2.24, 2.45) is 5.10 Å². The average molecular weight is 548 g/mol. The van der Waals surface area contributed by atoms with E-state index in [1.807, 2.05) is 29.5 Å². The molecule has 40 heavy (non-hydrogen) atoms. The molecule has 11 nitrogen and oxygen atoms in total. The van der Waals surface area contributed by atoms with Gasteiger partial charge in [-0.3, -0.25) is 4.68 Å². The van der Waals surface area contributed by atoms with Gasteiger partial charge in [0.15, 0.2) is 5.82 Å². The lowest BCUT2D eigenvalue weighted by molar-refractivity contribution is 0.139. The summed E-state index contributed by atoms with van der Waals surface area (Å²) in [6.07, 6.45) is 3.36. The van der Waals surface area contributed by atoms with Crippen molar-refractivity contribution < 1.29 is 18.3 Å². The highest BCUT2D eigenvalue weighted by Gasteiger charge is 2.34. The Bertz CT molecular complexity index is 1540. The Morgan fingerprint density at radius 1 is 1.18 bits per heavy atom. The predicted octanol–water partition coefficient (Wildman–Crippen LogP) is 3.18. The maximum Gasteiger partial charge on any atom is 0.341 e. The molecule has 0 aliphatic carbocycles. The third kappa shape index (κ3) is 4.86. The Labute approximate surface area is 229 Å². The molecule has 3 aliphatic heterocycles. The summed E-state index contributed by atoms with van der Waals surface area (Å²) in [5.41, 5.74) is 3.04. The first-order valence-corrected chi connectivity index (χ1v) is 13.1. The highest BCUT2D eigenvalue weighted by atomic mass is 19.1. The second-order valence-electron chi connectivity index (χ2n) is 10.1. The number of carbonyl (C=O) groups excluding carboxylic acids is 1. The molecule has 0 N–H and O–H groups in total. The van der Waals surface area contributed by atoms with Crippen molar-refractivity contribution in [3.05, 3.63) is 58.5 Å². The van der Waals surface area contributed by atoms with Crippen LogP contribution in [0.1, 0.15) is 35.0 Å². The third-order valence-corrected chi connectivity index (χ3v) is 7.42. The summed E-state index contributed by atoms with van der Waals surface area (Å²) in [5, 5.41) is 19.3. The van der Waals surface area contributed by atoms with Crippen molar-refractivity contribution in [2.45, 2.75) is 39.0 Å². The number of aromatic nitrogens is 4. The number of amides is 2. The van der Waals surface area contributed by atoms with Crippen LogP contribution in [0.15, 0.2) is 29.5 Å². The van der Waals surface area contributed by atoms with Crippen molar-refractivity contribution in [3.8, 4) is 17.3 Å². The van der Waals surface area contributed by atoms with Gasteiger partial charge in [-0.1, -0.05) is 0 Å². The van der Waals surface area contributed by atoms with Crippen molar-refractivity contribution >= 4 is 18.2 Å². The van der Waals surface area contributed by atoms with E-state index in [0.717, 1.165) is 11.8 Å². The second-order valence-corrected chi connectivity index (χ2v) is 10.1. The van der Waals surface area contributed by atoms with E-state index in [2.05, 4.69) is 20.2 Å². The number of urea groups is 1. The molecule has 3 aromatic rings. The smallest absolute Gasteiger partial charge is 0.341 e. The van der Waals surface area contributed by atoms with E-state index < -0.39 is 17.7 Å². The largest absolute Gasteiger partial charge is 0.371 e. The van der Waals surface area contributed by atoms with Gasteiger partial charge in [-0.25, -0.2) is 28.6 Å². The fourth-order valence-electron chi connectivity index (χ4n) is 5.26. The number of carbonyl (C=O) groups is 1. The van der Waals surface area contributed by atoms with Crippen LogP contribution >= 0.6 is 0 Å². The molecule has 206 valence electrons. The van der Waals surface area contributed by atoms with Crippen LogP contribution in [0.5, 0.6) is 0 Å². The lowest BCUT2D eigenvalue weighted by Crippen LogP contribution is -2.52. The maximum atomic E-state index is 14.9. The predicted molar refractivity (Wildman–Crippen MR) is 140 cm³/mol. The molecule has 2 atom stereocenters. The van der Waals surface area contributed by atoms with Crippen LogP contribution in [0.3, 0.4) is 0 Å². The first kappa shape index (κ1) is 25.8. The van der Waals surface area contributed by atoms with E-state index in [1.54, 1.807) is 17.2 Å². The summed E-state index contributed by atoms with van der Waals surface area (Å²) in [5.74, 6) is -0.683. The third-order valence-electron chi connectivity index (χ3n) is 7.42. The molecule has 2 aromatic heterocycles. The van der Waals surface area contributed by atoms with Crippen LogP contribution in [-0.4, -0.2) is 80.8 Å². The van der Waals surface area contributed by atoms with Crippen LogP contribution in [0.2, 0.25) is 0 Å². The lowest BCUT2D eigenvalue weighted by atomic mass is 10.0. The van der Waals surface area contributed by atoms with Crippen molar-refractivity contribution in [3.63, 3.8) is 0 Å². The Morgan fingerprint density at radius 2 is 1.95 bits per heavy atom. The van der Waals surface area contributed by atoms with E-state index in [4.69, 9.17) is 4.74 Å². The van der Waals surface area contributed by atoms with E-state index in [-0.39, 0.29) is 23.4 Å². The number of hydrogen-bond acceptors (Lipinski definition) is 8. The number of nitrogens with zero attached hydrogens (tertiary/aromatic N) is 9. The van der Waals surface area contributed by atoms with Crippen molar-refractivity contribution in [2.75, 3.05) is 37.7 Å². The van der Waals surface area contributed by atoms with Gasteiger partial charge < -0.3 is 14.5 Å². The van der Waals surface area contributed by atoms with Crippen molar-refractivity contribution in [1.82, 2.24) is 29.7 Å². The van der Waals surface area contributed by atoms with E-state index >= 15 is 0 Å². The zero-order valence-corrected chi connectivity index (χ0v) is 22.1. The molecular formula is C27H27F2N9O2. The summed E-state index contributed by atoms with van der Waals surface area (Å²) in [6, 6.07) is 5.22. The molecule has 0 bridgehead atoms. The highest BCUT2D eigenvalue weighted by Crippen LogP contribution is 2.32. The first-order valence-electron chi connectivity index (χ1n) is 13.1. The maximum absolute atomic E-state index is 14.9. The number of nitriles is 1. The molecule has 0 spiro atoms. The molecule has 5 heterocycles. The van der Waals surface area contributed by atoms with Crippen LogP contribution in [0.4, 0.5) is 19.5 Å². The monoisotopic (exact) mass is 547 g/mol. The second kappa shape index (κ2) is 10.3. The van der Waals surface area contributed by atoms with Gasteiger partial charge in [-0.2, -0.15) is 15.5 Å². The Morgan fingerprint density at radius 3 is 2.67 bits per heavy atom. The molecule has 2 fully saturated rings. The molecular weight excluding hydrogens is 520 g/mol. The minimum absolute atomic E-state index is 0.140. The van der Waals surface area contributed by atoms with Crippen molar-refractivity contribution in [1.29, 1.82) is 5.26 Å². The summed E-state index contributed by atoms with van der Waals surface area (Å²) in [4.78, 5) is 25.8. The number of hydrogen-bond donors (Lipinski definition) is 0. The van der Waals surface area contributed by atoms with E-state index in [0.29, 0.717) is 68.5 Å². The SMILES string of the molecule is Cc1nn(CC2CO2)c(C)c1-c1nc(N2CCN(C(=O)N3N=CCC3c3cc(F)cc(C#N)c3)CC2)ncc1F. The molecule has 6 rings (SSSR count).